The van der Waals surface area contributed by atoms with Gasteiger partial charge < -0.3 is 4.90 Å². The Kier molecular flexibility index (Phi) is 8.64. The second kappa shape index (κ2) is 11.0. The number of aryl methyl sites for hydroxylation is 1. The van der Waals surface area contributed by atoms with Gasteiger partial charge >= 0.3 is 0 Å². The second-order valence-electron chi connectivity index (χ2n) is 7.08. The van der Waals surface area contributed by atoms with E-state index in [-0.39, 0.29) is 11.7 Å². The van der Waals surface area contributed by atoms with Crippen molar-refractivity contribution in [2.45, 2.75) is 52.6 Å². The summed E-state index contributed by atoms with van der Waals surface area (Å²) in [5, 5.41) is 0. The van der Waals surface area contributed by atoms with Gasteiger partial charge in [-0.1, -0.05) is 57.0 Å². The van der Waals surface area contributed by atoms with E-state index < -0.39 is 15.6 Å². The fraction of sp³-hybridized carbons (Fsp3) is 0.455. The zero-order valence-electron chi connectivity index (χ0n) is 16.8. The highest BCUT2D eigenvalue weighted by Crippen LogP contribution is 2.13. The molecule has 0 N–H and O–H groups in total. The lowest BCUT2D eigenvalue weighted by molar-refractivity contribution is -0.129. The number of pyridine rings is 1. The highest BCUT2D eigenvalue weighted by molar-refractivity contribution is 7.92. The lowest BCUT2D eigenvalue weighted by Crippen LogP contribution is -2.35. The van der Waals surface area contributed by atoms with E-state index in [1.54, 1.807) is 17.3 Å². The van der Waals surface area contributed by atoms with Gasteiger partial charge in [0.15, 0.2) is 9.84 Å². The molecule has 5 nitrogen and oxygen atoms in total. The summed E-state index contributed by atoms with van der Waals surface area (Å²) >= 11 is 0. The van der Waals surface area contributed by atoms with Gasteiger partial charge in [-0.25, -0.2) is 8.42 Å². The Morgan fingerprint density at radius 2 is 1.64 bits per heavy atom. The van der Waals surface area contributed by atoms with E-state index in [2.05, 4.69) is 11.9 Å². The second-order valence-corrected chi connectivity index (χ2v) is 9.26. The summed E-state index contributed by atoms with van der Waals surface area (Å²) in [4.78, 5) is 18.6. The number of amides is 1. The summed E-state index contributed by atoms with van der Waals surface area (Å²) in [5.74, 6) is -0.734. The number of rotatable bonds is 11. The Morgan fingerprint density at radius 1 is 0.964 bits per heavy atom. The lowest BCUT2D eigenvalue weighted by atomic mass is 10.1. The zero-order chi connectivity index (χ0) is 20.4. The first-order valence-electron chi connectivity index (χ1n) is 9.88. The van der Waals surface area contributed by atoms with Crippen molar-refractivity contribution in [2.75, 3.05) is 11.5 Å². The van der Waals surface area contributed by atoms with E-state index in [9.17, 15) is 13.2 Å². The van der Waals surface area contributed by atoms with Crippen LogP contribution in [0.3, 0.4) is 0 Å². The summed E-state index contributed by atoms with van der Waals surface area (Å²) in [6.45, 7) is 4.84. The molecule has 0 saturated carbocycles. The zero-order valence-corrected chi connectivity index (χ0v) is 17.6. The number of unbranched alkanes of at least 4 members (excludes halogenated alkanes) is 2. The Hall–Kier alpha value is -2.21. The molecule has 1 heterocycles. The van der Waals surface area contributed by atoms with Crippen molar-refractivity contribution in [2.24, 2.45) is 0 Å². The molecule has 0 aliphatic carbocycles. The normalized spacial score (nSPS) is 11.4. The van der Waals surface area contributed by atoms with E-state index in [0.717, 1.165) is 30.4 Å². The minimum absolute atomic E-state index is 0.0680. The van der Waals surface area contributed by atoms with Crippen LogP contribution in [0.15, 0.2) is 48.8 Å². The van der Waals surface area contributed by atoms with Crippen LogP contribution < -0.4 is 0 Å². The Morgan fingerprint density at radius 3 is 2.25 bits per heavy atom. The van der Waals surface area contributed by atoms with Crippen LogP contribution in [0.5, 0.6) is 0 Å². The molecule has 0 aliphatic rings. The molecule has 1 aromatic carbocycles. The van der Waals surface area contributed by atoms with Crippen LogP contribution >= 0.6 is 0 Å². The third-order valence-corrected chi connectivity index (χ3v) is 6.25. The first-order valence-corrected chi connectivity index (χ1v) is 11.7. The average molecular weight is 403 g/mol. The maximum atomic E-state index is 12.8. The van der Waals surface area contributed by atoms with Crippen molar-refractivity contribution in [3.8, 4) is 0 Å². The SMILES string of the molecule is CCCCCS(=O)(=O)CC(=O)N(Cc1ccc(CC)cc1)Cc1cccnc1. The molecule has 0 unspecified atom stereocenters. The molecule has 0 bridgehead atoms. The quantitative estimate of drug-likeness (QED) is 0.537. The molecular weight excluding hydrogens is 372 g/mol. The summed E-state index contributed by atoms with van der Waals surface area (Å²) < 4.78 is 24.7. The van der Waals surface area contributed by atoms with Gasteiger partial charge in [0, 0.05) is 25.5 Å². The summed E-state index contributed by atoms with van der Waals surface area (Å²) in [6, 6.07) is 11.8. The van der Waals surface area contributed by atoms with Crippen LogP contribution in [0.4, 0.5) is 0 Å². The average Bonchev–Trinajstić information content (AvgIpc) is 2.68. The van der Waals surface area contributed by atoms with Gasteiger partial charge in [0.05, 0.1) is 5.75 Å². The number of carbonyl (C=O) groups is 1. The topological polar surface area (TPSA) is 67.3 Å². The molecule has 0 fully saturated rings. The van der Waals surface area contributed by atoms with Crippen molar-refractivity contribution in [3.63, 3.8) is 0 Å². The van der Waals surface area contributed by atoms with Gasteiger partial charge in [0.25, 0.3) is 0 Å². The number of aromatic nitrogens is 1. The molecule has 1 amide bonds. The van der Waals surface area contributed by atoms with Gasteiger partial charge in [0.1, 0.15) is 5.75 Å². The molecule has 1 aromatic heterocycles. The largest absolute Gasteiger partial charge is 0.333 e. The van der Waals surface area contributed by atoms with Crippen molar-refractivity contribution in [1.29, 1.82) is 0 Å². The molecule has 0 spiro atoms. The third-order valence-electron chi connectivity index (χ3n) is 4.66. The Labute approximate surface area is 168 Å². The van der Waals surface area contributed by atoms with Crippen molar-refractivity contribution in [1.82, 2.24) is 9.88 Å². The molecule has 0 radical (unpaired) electrons. The maximum Gasteiger partial charge on any atom is 0.238 e. The van der Waals surface area contributed by atoms with Gasteiger partial charge in [-0.05, 0) is 35.6 Å². The number of hydrogen-bond acceptors (Lipinski definition) is 4. The number of benzene rings is 1. The number of sulfone groups is 1. The molecule has 0 atom stereocenters. The smallest absolute Gasteiger partial charge is 0.238 e. The standard InChI is InChI=1S/C22H30N2O3S/c1-3-5-6-14-28(26,27)18-22(25)24(17-21-8-7-13-23-15-21)16-20-11-9-19(4-2)10-12-20/h7-13,15H,3-6,14,16-18H2,1-2H3. The van der Waals surface area contributed by atoms with Crippen LogP contribution in [-0.4, -0.2) is 35.7 Å². The Balaban J connectivity index is 2.13. The molecule has 2 aromatic rings. The lowest BCUT2D eigenvalue weighted by Gasteiger charge is -2.23. The monoisotopic (exact) mass is 402 g/mol. The van der Waals surface area contributed by atoms with Gasteiger partial charge in [0.2, 0.25) is 5.91 Å². The van der Waals surface area contributed by atoms with Gasteiger partial charge in [-0.3, -0.25) is 9.78 Å². The van der Waals surface area contributed by atoms with E-state index in [4.69, 9.17) is 0 Å². The van der Waals surface area contributed by atoms with Crippen LogP contribution in [0.1, 0.15) is 49.8 Å². The first kappa shape index (κ1) is 22.1. The van der Waals surface area contributed by atoms with Crippen molar-refractivity contribution in [3.05, 3.63) is 65.5 Å². The number of hydrogen-bond donors (Lipinski definition) is 0. The van der Waals surface area contributed by atoms with Crippen molar-refractivity contribution < 1.29 is 13.2 Å². The van der Waals surface area contributed by atoms with E-state index in [1.807, 2.05) is 43.3 Å². The van der Waals surface area contributed by atoms with E-state index in [0.29, 0.717) is 19.5 Å². The van der Waals surface area contributed by atoms with Crippen LogP contribution in [0.2, 0.25) is 0 Å². The molecule has 0 saturated heterocycles. The number of nitrogens with zero attached hydrogens (tertiary/aromatic N) is 2. The molecule has 28 heavy (non-hydrogen) atoms. The molecule has 2 rings (SSSR count). The summed E-state index contributed by atoms with van der Waals surface area (Å²) in [7, 11) is -3.40. The minimum atomic E-state index is -3.40. The first-order chi connectivity index (χ1) is 13.4. The van der Waals surface area contributed by atoms with Gasteiger partial charge in [-0.2, -0.15) is 0 Å². The predicted molar refractivity (Wildman–Crippen MR) is 112 cm³/mol. The summed E-state index contributed by atoms with van der Waals surface area (Å²) in [6.07, 6.45) is 6.75. The van der Waals surface area contributed by atoms with E-state index >= 15 is 0 Å². The van der Waals surface area contributed by atoms with Crippen LogP contribution in [-0.2, 0) is 34.1 Å². The summed E-state index contributed by atoms with van der Waals surface area (Å²) in [5.41, 5.74) is 3.09. The molecule has 6 heteroatoms. The number of carbonyl (C=O) groups excluding carboxylic acids is 1. The molecular formula is C22H30N2O3S. The van der Waals surface area contributed by atoms with Crippen molar-refractivity contribution >= 4 is 15.7 Å². The third kappa shape index (κ3) is 7.43. The van der Waals surface area contributed by atoms with Crippen LogP contribution in [0, 0.1) is 0 Å². The fourth-order valence-electron chi connectivity index (χ4n) is 2.97. The highest BCUT2D eigenvalue weighted by Gasteiger charge is 2.22. The van der Waals surface area contributed by atoms with E-state index in [1.165, 1.54) is 5.56 Å². The Bertz CT molecular complexity index is 834. The maximum absolute atomic E-state index is 12.8. The molecule has 0 aliphatic heterocycles. The van der Waals surface area contributed by atoms with Crippen LogP contribution in [0.25, 0.3) is 0 Å². The highest BCUT2D eigenvalue weighted by atomic mass is 32.2. The minimum Gasteiger partial charge on any atom is -0.333 e. The fourth-order valence-corrected chi connectivity index (χ4v) is 4.32. The predicted octanol–water partition coefficient (Wildman–Crippen LogP) is 3.78. The van der Waals surface area contributed by atoms with Gasteiger partial charge in [-0.15, -0.1) is 0 Å². The molecule has 152 valence electrons.